The number of alkyl halides is 1. The molecule has 0 amide bonds. The van der Waals surface area contributed by atoms with Crippen LogP contribution in [0.15, 0.2) is 54.6 Å². The monoisotopic (exact) mass is 240 g/mol. The van der Waals surface area contributed by atoms with E-state index in [0.29, 0.717) is 0 Å². The Labute approximate surface area is 106 Å². The molecule has 1 heteroatoms. The van der Waals surface area contributed by atoms with Crippen LogP contribution in [0.5, 0.6) is 0 Å². The van der Waals surface area contributed by atoms with Crippen LogP contribution in [0.25, 0.3) is 21.5 Å². The van der Waals surface area contributed by atoms with Crippen molar-refractivity contribution in [1.82, 2.24) is 0 Å². The lowest BCUT2D eigenvalue weighted by Crippen LogP contribution is -1.84. The fourth-order valence-corrected chi connectivity index (χ4v) is 2.34. The normalized spacial score (nSPS) is 13.1. The minimum atomic E-state index is 0.0610. The van der Waals surface area contributed by atoms with Crippen molar-refractivity contribution in [3.63, 3.8) is 0 Å². The molecule has 1 atom stereocenters. The largest absolute Gasteiger partial charge is 0.118 e. The number of fused-ring (bicyclic) bond motifs is 2. The molecule has 0 aliphatic carbocycles. The zero-order valence-corrected chi connectivity index (χ0v) is 10.4. The van der Waals surface area contributed by atoms with Crippen LogP contribution in [0, 0.1) is 0 Å². The standard InChI is InChI=1S/C16H13Cl/c1-11(17)12-6-7-15-9-13-4-2-3-5-14(13)10-16(15)8-12/h2-11H,1H3. The Hall–Kier alpha value is -1.53. The van der Waals surface area contributed by atoms with Crippen molar-refractivity contribution < 1.29 is 0 Å². The summed E-state index contributed by atoms with van der Waals surface area (Å²) in [6, 6.07) is 19.3. The molecule has 0 aromatic heterocycles. The maximum Gasteiger partial charge on any atom is 0.0557 e. The van der Waals surface area contributed by atoms with Gasteiger partial charge in [0.05, 0.1) is 5.38 Å². The van der Waals surface area contributed by atoms with Crippen molar-refractivity contribution in [2.75, 3.05) is 0 Å². The third-order valence-electron chi connectivity index (χ3n) is 3.19. The lowest BCUT2D eigenvalue weighted by atomic mass is 10.0. The van der Waals surface area contributed by atoms with Crippen molar-refractivity contribution in [2.24, 2.45) is 0 Å². The minimum absolute atomic E-state index is 0.0610. The highest BCUT2D eigenvalue weighted by Gasteiger charge is 2.03. The molecule has 84 valence electrons. The van der Waals surface area contributed by atoms with Crippen LogP contribution in [0.2, 0.25) is 0 Å². The second-order valence-electron chi connectivity index (χ2n) is 4.42. The van der Waals surface area contributed by atoms with Gasteiger partial charge in [-0.05, 0) is 52.2 Å². The summed E-state index contributed by atoms with van der Waals surface area (Å²) in [4.78, 5) is 0. The van der Waals surface area contributed by atoms with Crippen molar-refractivity contribution in [3.8, 4) is 0 Å². The van der Waals surface area contributed by atoms with Gasteiger partial charge in [-0.3, -0.25) is 0 Å². The first-order valence-electron chi connectivity index (χ1n) is 5.80. The summed E-state index contributed by atoms with van der Waals surface area (Å²) in [7, 11) is 0. The van der Waals surface area contributed by atoms with Gasteiger partial charge in [-0.15, -0.1) is 11.6 Å². The average Bonchev–Trinajstić information content (AvgIpc) is 2.35. The predicted octanol–water partition coefficient (Wildman–Crippen LogP) is 5.29. The molecule has 3 rings (SSSR count). The highest BCUT2D eigenvalue weighted by atomic mass is 35.5. The number of rotatable bonds is 1. The Kier molecular flexibility index (Phi) is 2.53. The molecule has 0 bridgehead atoms. The van der Waals surface area contributed by atoms with E-state index in [-0.39, 0.29) is 5.38 Å². The molecule has 0 saturated carbocycles. The molecule has 0 fully saturated rings. The number of benzene rings is 3. The molecule has 0 heterocycles. The number of hydrogen-bond donors (Lipinski definition) is 0. The van der Waals surface area contributed by atoms with Crippen LogP contribution in [-0.2, 0) is 0 Å². The highest BCUT2D eigenvalue weighted by molar-refractivity contribution is 6.20. The molecule has 0 spiro atoms. The summed E-state index contributed by atoms with van der Waals surface area (Å²) in [6.45, 7) is 2.00. The van der Waals surface area contributed by atoms with Gasteiger partial charge in [0.15, 0.2) is 0 Å². The summed E-state index contributed by atoms with van der Waals surface area (Å²) in [5.41, 5.74) is 1.18. The molecule has 1 unspecified atom stereocenters. The molecule has 0 aliphatic heterocycles. The third kappa shape index (κ3) is 1.89. The molecular weight excluding hydrogens is 228 g/mol. The predicted molar refractivity (Wildman–Crippen MR) is 75.7 cm³/mol. The maximum atomic E-state index is 6.12. The smallest absolute Gasteiger partial charge is 0.0557 e. The van der Waals surface area contributed by atoms with E-state index >= 15 is 0 Å². The zero-order valence-electron chi connectivity index (χ0n) is 9.65. The van der Waals surface area contributed by atoms with Crippen LogP contribution in [0.3, 0.4) is 0 Å². The van der Waals surface area contributed by atoms with Gasteiger partial charge in [-0.2, -0.15) is 0 Å². The topological polar surface area (TPSA) is 0 Å². The van der Waals surface area contributed by atoms with Gasteiger partial charge in [-0.1, -0.05) is 36.4 Å². The van der Waals surface area contributed by atoms with E-state index in [9.17, 15) is 0 Å². The first-order chi connectivity index (χ1) is 8.24. The SMILES string of the molecule is CC(Cl)c1ccc2cc3ccccc3cc2c1. The van der Waals surface area contributed by atoms with E-state index in [1.54, 1.807) is 0 Å². The van der Waals surface area contributed by atoms with Gasteiger partial charge < -0.3 is 0 Å². The molecule has 0 radical (unpaired) electrons. The second-order valence-corrected chi connectivity index (χ2v) is 5.08. The van der Waals surface area contributed by atoms with Gasteiger partial charge in [0.1, 0.15) is 0 Å². The quantitative estimate of drug-likeness (QED) is 0.400. The summed E-state index contributed by atoms with van der Waals surface area (Å²) < 4.78 is 0. The fourth-order valence-electron chi connectivity index (χ4n) is 2.21. The van der Waals surface area contributed by atoms with Crippen LogP contribution < -0.4 is 0 Å². The van der Waals surface area contributed by atoms with Crippen LogP contribution in [0.1, 0.15) is 17.9 Å². The van der Waals surface area contributed by atoms with Gasteiger partial charge in [0.25, 0.3) is 0 Å². The molecule has 0 nitrogen and oxygen atoms in total. The summed E-state index contributed by atoms with van der Waals surface area (Å²) in [5, 5.41) is 5.15. The van der Waals surface area contributed by atoms with Crippen molar-refractivity contribution >= 4 is 33.1 Å². The van der Waals surface area contributed by atoms with Crippen LogP contribution in [-0.4, -0.2) is 0 Å². The van der Waals surface area contributed by atoms with E-state index in [4.69, 9.17) is 11.6 Å². The molecular formula is C16H13Cl. The van der Waals surface area contributed by atoms with Crippen molar-refractivity contribution in [2.45, 2.75) is 12.3 Å². The number of halogens is 1. The minimum Gasteiger partial charge on any atom is -0.118 e. The summed E-state index contributed by atoms with van der Waals surface area (Å²) in [5.74, 6) is 0. The second kappa shape index (κ2) is 4.05. The van der Waals surface area contributed by atoms with E-state index in [0.717, 1.165) is 0 Å². The number of hydrogen-bond acceptors (Lipinski definition) is 0. The molecule has 17 heavy (non-hydrogen) atoms. The summed E-state index contributed by atoms with van der Waals surface area (Å²) >= 11 is 6.12. The molecule has 0 N–H and O–H groups in total. The average molecular weight is 241 g/mol. The molecule has 3 aromatic carbocycles. The van der Waals surface area contributed by atoms with Crippen molar-refractivity contribution in [3.05, 3.63) is 60.2 Å². The van der Waals surface area contributed by atoms with Gasteiger partial charge in [-0.25, -0.2) is 0 Å². The Morgan fingerprint density at radius 3 is 2.00 bits per heavy atom. The van der Waals surface area contributed by atoms with Crippen molar-refractivity contribution in [1.29, 1.82) is 0 Å². The van der Waals surface area contributed by atoms with E-state index < -0.39 is 0 Å². The molecule has 3 aromatic rings. The third-order valence-corrected chi connectivity index (χ3v) is 3.44. The lowest BCUT2D eigenvalue weighted by molar-refractivity contribution is 1.09. The van der Waals surface area contributed by atoms with Crippen LogP contribution >= 0.6 is 11.6 Å². The highest BCUT2D eigenvalue weighted by Crippen LogP contribution is 2.27. The molecule has 0 aliphatic rings. The lowest BCUT2D eigenvalue weighted by Gasteiger charge is -2.07. The van der Waals surface area contributed by atoms with E-state index in [1.807, 2.05) is 6.92 Å². The van der Waals surface area contributed by atoms with Crippen LogP contribution in [0.4, 0.5) is 0 Å². The molecule has 0 saturated heterocycles. The van der Waals surface area contributed by atoms with Gasteiger partial charge in [0.2, 0.25) is 0 Å². The first-order valence-corrected chi connectivity index (χ1v) is 6.24. The van der Waals surface area contributed by atoms with Gasteiger partial charge in [0, 0.05) is 0 Å². The Bertz CT molecular complexity index is 683. The van der Waals surface area contributed by atoms with E-state index in [1.165, 1.54) is 27.1 Å². The fraction of sp³-hybridized carbons (Fsp3) is 0.125. The van der Waals surface area contributed by atoms with Gasteiger partial charge >= 0.3 is 0 Å². The Morgan fingerprint density at radius 2 is 1.35 bits per heavy atom. The Balaban J connectivity index is 2.32. The van der Waals surface area contributed by atoms with E-state index in [2.05, 4.69) is 54.6 Å². The summed E-state index contributed by atoms with van der Waals surface area (Å²) in [6.07, 6.45) is 0. The maximum absolute atomic E-state index is 6.12. The Morgan fingerprint density at radius 1 is 0.765 bits per heavy atom. The first kappa shape index (κ1) is 10.6. The zero-order chi connectivity index (χ0) is 11.8.